The zero-order chi connectivity index (χ0) is 21.4. The summed E-state index contributed by atoms with van der Waals surface area (Å²) >= 11 is 0. The summed E-state index contributed by atoms with van der Waals surface area (Å²) < 4.78 is 47.2. The van der Waals surface area contributed by atoms with E-state index < -0.39 is 10.0 Å². The van der Waals surface area contributed by atoms with E-state index in [9.17, 15) is 12.8 Å². The van der Waals surface area contributed by atoms with Gasteiger partial charge < -0.3 is 4.42 Å². The molecule has 3 aromatic rings. The molecular formula is C23H24FN3O3S. The minimum absolute atomic E-state index is 0.164. The minimum Gasteiger partial charge on any atom is -0.420 e. The fourth-order valence-electron chi connectivity index (χ4n) is 4.49. The van der Waals surface area contributed by atoms with E-state index in [4.69, 9.17) is 4.42 Å². The molecule has 0 bridgehead atoms. The Hall–Kier alpha value is -2.58. The number of aromatic nitrogens is 2. The molecule has 2 aromatic carbocycles. The molecule has 0 radical (unpaired) electrons. The largest absolute Gasteiger partial charge is 0.420 e. The zero-order valence-electron chi connectivity index (χ0n) is 17.1. The normalized spacial score (nSPS) is 19.8. The van der Waals surface area contributed by atoms with E-state index in [0.717, 1.165) is 44.1 Å². The number of piperidine rings is 1. The third kappa shape index (κ3) is 4.02. The molecule has 0 amide bonds. The van der Waals surface area contributed by atoms with Gasteiger partial charge in [-0.3, -0.25) is 0 Å². The molecule has 1 aliphatic heterocycles. The van der Waals surface area contributed by atoms with Crippen molar-refractivity contribution < 1.29 is 17.2 Å². The third-order valence-corrected chi connectivity index (χ3v) is 8.08. The molecule has 1 fully saturated rings. The standard InChI is InChI=1S/C23H24FN3O3S/c24-20-10-7-17(8-11-20)22-25-26-23(30-22)19-6-3-13-27(15-19)31(28,29)21-12-9-16-4-1-2-5-18(16)14-21/h7-12,14,19H,1-6,13,15H2. The van der Waals surface area contributed by atoms with Crippen molar-refractivity contribution in [2.75, 3.05) is 13.1 Å². The lowest BCUT2D eigenvalue weighted by molar-refractivity contribution is 0.286. The Morgan fingerprint density at radius 3 is 2.55 bits per heavy atom. The zero-order valence-corrected chi connectivity index (χ0v) is 17.9. The molecule has 0 N–H and O–H groups in total. The molecule has 1 unspecified atom stereocenters. The monoisotopic (exact) mass is 441 g/mol. The maximum absolute atomic E-state index is 13.3. The van der Waals surface area contributed by atoms with E-state index >= 15 is 0 Å². The topological polar surface area (TPSA) is 76.3 Å². The maximum Gasteiger partial charge on any atom is 0.247 e. The van der Waals surface area contributed by atoms with Gasteiger partial charge in [0.05, 0.1) is 10.8 Å². The van der Waals surface area contributed by atoms with Crippen molar-refractivity contribution in [3.8, 4) is 11.5 Å². The Kier molecular flexibility index (Phi) is 5.35. The van der Waals surface area contributed by atoms with Crippen molar-refractivity contribution in [3.05, 3.63) is 65.3 Å². The van der Waals surface area contributed by atoms with E-state index in [2.05, 4.69) is 10.2 Å². The van der Waals surface area contributed by atoms with E-state index in [1.165, 1.54) is 22.0 Å². The van der Waals surface area contributed by atoms with Crippen LogP contribution in [0.1, 0.15) is 48.6 Å². The van der Waals surface area contributed by atoms with Crippen LogP contribution in [0.2, 0.25) is 0 Å². The Balaban J connectivity index is 1.36. The summed E-state index contributed by atoms with van der Waals surface area (Å²) in [5, 5.41) is 8.23. The van der Waals surface area contributed by atoms with Crippen LogP contribution < -0.4 is 0 Å². The quantitative estimate of drug-likeness (QED) is 0.603. The Bertz CT molecular complexity index is 1190. The van der Waals surface area contributed by atoms with Gasteiger partial charge in [-0.1, -0.05) is 6.07 Å². The van der Waals surface area contributed by atoms with Gasteiger partial charge in [-0.25, -0.2) is 12.8 Å². The summed E-state index contributed by atoms with van der Waals surface area (Å²) in [6, 6.07) is 11.4. The number of nitrogens with zero attached hydrogens (tertiary/aromatic N) is 3. The number of benzene rings is 2. The molecule has 1 atom stereocenters. The van der Waals surface area contributed by atoms with Crippen molar-refractivity contribution in [2.24, 2.45) is 0 Å². The average molecular weight is 442 g/mol. The smallest absolute Gasteiger partial charge is 0.247 e. The van der Waals surface area contributed by atoms with Crippen LogP contribution in [0.4, 0.5) is 4.39 Å². The van der Waals surface area contributed by atoms with Crippen molar-refractivity contribution in [3.63, 3.8) is 0 Å². The Labute approximate surface area is 181 Å². The highest BCUT2D eigenvalue weighted by Gasteiger charge is 2.33. The second kappa shape index (κ2) is 8.16. The number of rotatable bonds is 4. The molecular weight excluding hydrogens is 417 g/mol. The SMILES string of the molecule is O=S(=O)(c1ccc2c(c1)CCCC2)N1CCCC(c2nnc(-c3ccc(F)cc3)o2)C1. The Morgan fingerprint density at radius 2 is 1.74 bits per heavy atom. The van der Waals surface area contributed by atoms with Crippen LogP contribution in [-0.4, -0.2) is 36.0 Å². The Morgan fingerprint density at radius 1 is 0.968 bits per heavy atom. The number of hydrogen-bond acceptors (Lipinski definition) is 5. The van der Waals surface area contributed by atoms with Crippen LogP contribution >= 0.6 is 0 Å². The molecule has 1 saturated heterocycles. The van der Waals surface area contributed by atoms with Crippen LogP contribution in [0.5, 0.6) is 0 Å². The number of sulfonamides is 1. The summed E-state index contributed by atoms with van der Waals surface area (Å²) in [4.78, 5) is 0.367. The van der Waals surface area contributed by atoms with E-state index in [0.29, 0.717) is 35.3 Å². The van der Waals surface area contributed by atoms with Gasteiger partial charge in [0, 0.05) is 18.7 Å². The molecule has 6 nitrogen and oxygen atoms in total. The van der Waals surface area contributed by atoms with Crippen LogP contribution in [-0.2, 0) is 22.9 Å². The van der Waals surface area contributed by atoms with Gasteiger partial charge in [-0.05, 0) is 86.1 Å². The summed E-state index contributed by atoms with van der Waals surface area (Å²) in [5.41, 5.74) is 3.05. The second-order valence-electron chi connectivity index (χ2n) is 8.29. The molecule has 1 aromatic heterocycles. The van der Waals surface area contributed by atoms with Crippen molar-refractivity contribution in [1.82, 2.24) is 14.5 Å². The van der Waals surface area contributed by atoms with Crippen LogP contribution in [0, 0.1) is 5.82 Å². The van der Waals surface area contributed by atoms with Crippen molar-refractivity contribution >= 4 is 10.0 Å². The molecule has 0 spiro atoms. The van der Waals surface area contributed by atoms with E-state index in [-0.39, 0.29) is 11.7 Å². The van der Waals surface area contributed by atoms with Gasteiger partial charge in [-0.15, -0.1) is 10.2 Å². The first-order valence-electron chi connectivity index (χ1n) is 10.7. The number of aryl methyl sites for hydroxylation is 2. The average Bonchev–Trinajstić information content (AvgIpc) is 3.30. The molecule has 31 heavy (non-hydrogen) atoms. The van der Waals surface area contributed by atoms with Gasteiger partial charge in [-0.2, -0.15) is 4.31 Å². The maximum atomic E-state index is 13.3. The number of halogens is 1. The lowest BCUT2D eigenvalue weighted by Gasteiger charge is -2.30. The van der Waals surface area contributed by atoms with Gasteiger partial charge in [0.2, 0.25) is 21.8 Å². The van der Waals surface area contributed by atoms with Gasteiger partial charge in [0.15, 0.2) is 0 Å². The van der Waals surface area contributed by atoms with Crippen LogP contribution in [0.25, 0.3) is 11.5 Å². The van der Waals surface area contributed by atoms with Crippen LogP contribution in [0.15, 0.2) is 51.8 Å². The molecule has 162 valence electrons. The predicted octanol–water partition coefficient (Wildman–Crippen LogP) is 4.32. The lowest BCUT2D eigenvalue weighted by Crippen LogP contribution is -2.39. The van der Waals surface area contributed by atoms with E-state index in [1.807, 2.05) is 12.1 Å². The van der Waals surface area contributed by atoms with Gasteiger partial charge in [0.25, 0.3) is 0 Å². The second-order valence-corrected chi connectivity index (χ2v) is 10.2. The highest BCUT2D eigenvalue weighted by Crippen LogP contribution is 2.32. The van der Waals surface area contributed by atoms with E-state index in [1.54, 1.807) is 18.2 Å². The highest BCUT2D eigenvalue weighted by atomic mass is 32.2. The third-order valence-electron chi connectivity index (χ3n) is 6.22. The number of fused-ring (bicyclic) bond motifs is 1. The minimum atomic E-state index is -3.58. The molecule has 1 aliphatic carbocycles. The summed E-state index contributed by atoms with van der Waals surface area (Å²) in [6.07, 6.45) is 5.74. The highest BCUT2D eigenvalue weighted by molar-refractivity contribution is 7.89. The molecule has 0 saturated carbocycles. The first-order valence-corrected chi connectivity index (χ1v) is 12.2. The summed E-state index contributed by atoms with van der Waals surface area (Å²) in [6.45, 7) is 0.791. The lowest BCUT2D eigenvalue weighted by atomic mass is 9.92. The summed E-state index contributed by atoms with van der Waals surface area (Å²) in [5.74, 6) is 0.232. The fraction of sp³-hybridized carbons (Fsp3) is 0.391. The van der Waals surface area contributed by atoms with Crippen molar-refractivity contribution in [2.45, 2.75) is 49.3 Å². The predicted molar refractivity (Wildman–Crippen MR) is 114 cm³/mol. The van der Waals surface area contributed by atoms with Gasteiger partial charge in [0.1, 0.15) is 5.82 Å². The molecule has 2 aliphatic rings. The van der Waals surface area contributed by atoms with Crippen molar-refractivity contribution in [1.29, 1.82) is 0 Å². The first-order chi connectivity index (χ1) is 15.0. The van der Waals surface area contributed by atoms with Gasteiger partial charge >= 0.3 is 0 Å². The van der Waals surface area contributed by atoms with Crippen LogP contribution in [0.3, 0.4) is 0 Å². The fourth-order valence-corrected chi connectivity index (χ4v) is 6.07. The first kappa shape index (κ1) is 20.3. The molecule has 2 heterocycles. The number of hydrogen-bond donors (Lipinski definition) is 0. The summed E-state index contributed by atoms with van der Waals surface area (Å²) in [7, 11) is -3.58. The molecule has 8 heteroatoms. The molecule has 5 rings (SSSR count).